The molecule has 0 fully saturated rings. The third kappa shape index (κ3) is 4.35. The third-order valence-electron chi connectivity index (χ3n) is 3.00. The number of nitrogens with two attached hydrogens (primary N) is 1. The van der Waals surface area contributed by atoms with Crippen molar-refractivity contribution in [1.29, 1.82) is 0 Å². The summed E-state index contributed by atoms with van der Waals surface area (Å²) in [7, 11) is -1.86. The molecule has 1 rings (SSSR count). The largest absolute Gasteiger partial charge is 0.497 e. The van der Waals surface area contributed by atoms with E-state index in [1.54, 1.807) is 26.8 Å². The van der Waals surface area contributed by atoms with E-state index in [1.807, 2.05) is 0 Å². The molecular formula is C14H21NO5S. The second-order valence-corrected chi connectivity index (χ2v) is 8.38. The number of esters is 1. The predicted molar refractivity (Wildman–Crippen MR) is 81.2 cm³/mol. The van der Waals surface area contributed by atoms with E-state index in [0.29, 0.717) is 5.75 Å². The molecule has 6 nitrogen and oxygen atoms in total. The second kappa shape index (κ2) is 6.34. The number of rotatable bonds is 5. The normalized spacial score (nSPS) is 12.0. The first-order valence-corrected chi connectivity index (χ1v) is 8.06. The zero-order chi connectivity index (χ0) is 16.3. The lowest BCUT2D eigenvalue weighted by atomic mass is 10.2. The number of hydrogen-bond donors (Lipinski definition) is 1. The Morgan fingerprint density at radius 3 is 2.43 bits per heavy atom. The van der Waals surface area contributed by atoms with Gasteiger partial charge in [0.2, 0.25) is 0 Å². The number of ether oxygens (including phenoxy) is 2. The predicted octanol–water partition coefficient (Wildman–Crippen LogP) is 1.65. The average molecular weight is 315 g/mol. The van der Waals surface area contributed by atoms with E-state index in [9.17, 15) is 13.2 Å². The van der Waals surface area contributed by atoms with Crippen molar-refractivity contribution in [2.24, 2.45) is 0 Å². The molecule has 0 radical (unpaired) electrons. The molecular weight excluding hydrogens is 294 g/mol. The van der Waals surface area contributed by atoms with Crippen LogP contribution in [-0.4, -0.2) is 38.6 Å². The Morgan fingerprint density at radius 2 is 1.90 bits per heavy atom. The molecule has 0 atom stereocenters. The molecule has 21 heavy (non-hydrogen) atoms. The molecule has 0 bridgehead atoms. The zero-order valence-electron chi connectivity index (χ0n) is 12.7. The summed E-state index contributed by atoms with van der Waals surface area (Å²) in [6, 6.07) is 4.60. The maximum absolute atomic E-state index is 11.9. The van der Waals surface area contributed by atoms with Gasteiger partial charge in [0.15, 0.2) is 9.84 Å². The van der Waals surface area contributed by atoms with Crippen LogP contribution < -0.4 is 10.5 Å². The van der Waals surface area contributed by atoms with Crippen molar-refractivity contribution in [3.8, 4) is 5.75 Å². The maximum Gasteiger partial charge on any atom is 0.340 e. The van der Waals surface area contributed by atoms with Crippen molar-refractivity contribution in [2.75, 3.05) is 25.2 Å². The fraction of sp³-hybridized carbons (Fsp3) is 0.500. The van der Waals surface area contributed by atoms with Crippen molar-refractivity contribution >= 4 is 21.5 Å². The van der Waals surface area contributed by atoms with Crippen LogP contribution in [0.15, 0.2) is 18.2 Å². The van der Waals surface area contributed by atoms with Crippen molar-refractivity contribution in [2.45, 2.75) is 25.5 Å². The van der Waals surface area contributed by atoms with Crippen molar-refractivity contribution in [3.05, 3.63) is 23.8 Å². The second-order valence-electron chi connectivity index (χ2n) is 5.52. The van der Waals surface area contributed by atoms with E-state index in [1.165, 1.54) is 19.2 Å². The molecule has 0 unspecified atom stereocenters. The monoisotopic (exact) mass is 315 g/mol. The van der Waals surface area contributed by atoms with Crippen molar-refractivity contribution in [3.63, 3.8) is 0 Å². The molecule has 1 aromatic rings. The van der Waals surface area contributed by atoms with Crippen LogP contribution in [0.3, 0.4) is 0 Å². The van der Waals surface area contributed by atoms with E-state index in [4.69, 9.17) is 15.2 Å². The summed E-state index contributed by atoms with van der Waals surface area (Å²) in [5.41, 5.74) is 6.10. The summed E-state index contributed by atoms with van der Waals surface area (Å²) in [4.78, 5) is 11.9. The van der Waals surface area contributed by atoms with E-state index >= 15 is 0 Å². The Labute approximate surface area is 125 Å². The molecule has 118 valence electrons. The van der Waals surface area contributed by atoms with Gasteiger partial charge in [-0.3, -0.25) is 0 Å². The van der Waals surface area contributed by atoms with Gasteiger partial charge in [0.05, 0.1) is 23.2 Å². The molecule has 0 spiro atoms. The quantitative estimate of drug-likeness (QED) is 0.655. The average Bonchev–Trinajstić information content (AvgIpc) is 2.37. The van der Waals surface area contributed by atoms with Gasteiger partial charge in [-0.25, -0.2) is 13.2 Å². The molecule has 0 aliphatic carbocycles. The third-order valence-corrected chi connectivity index (χ3v) is 5.57. The highest BCUT2D eigenvalue weighted by atomic mass is 32.2. The van der Waals surface area contributed by atoms with Gasteiger partial charge in [-0.05, 0) is 39.0 Å². The van der Waals surface area contributed by atoms with Crippen LogP contribution in [0.25, 0.3) is 0 Å². The summed E-state index contributed by atoms with van der Waals surface area (Å²) < 4.78 is 32.9. The minimum Gasteiger partial charge on any atom is -0.497 e. The first-order valence-electron chi connectivity index (χ1n) is 6.41. The molecule has 0 amide bonds. The summed E-state index contributed by atoms with van der Waals surface area (Å²) in [6.07, 6.45) is 0. The number of anilines is 1. The fourth-order valence-electron chi connectivity index (χ4n) is 1.47. The molecule has 7 heteroatoms. The van der Waals surface area contributed by atoms with Crippen LogP contribution in [0.5, 0.6) is 5.75 Å². The Hall–Kier alpha value is -1.76. The molecule has 0 saturated carbocycles. The van der Waals surface area contributed by atoms with Crippen LogP contribution >= 0.6 is 0 Å². The van der Waals surface area contributed by atoms with Gasteiger partial charge in [0.1, 0.15) is 12.4 Å². The fourth-order valence-corrected chi connectivity index (χ4v) is 2.38. The van der Waals surface area contributed by atoms with Gasteiger partial charge in [0.25, 0.3) is 0 Å². The highest BCUT2D eigenvalue weighted by Crippen LogP contribution is 2.21. The Morgan fingerprint density at radius 1 is 1.29 bits per heavy atom. The van der Waals surface area contributed by atoms with Gasteiger partial charge in [-0.15, -0.1) is 0 Å². The summed E-state index contributed by atoms with van der Waals surface area (Å²) in [6.45, 7) is 4.59. The number of carbonyl (C=O) groups is 1. The number of hydrogen-bond acceptors (Lipinski definition) is 6. The lowest BCUT2D eigenvalue weighted by Crippen LogP contribution is -2.32. The topological polar surface area (TPSA) is 95.7 Å². The molecule has 0 aliphatic heterocycles. The minimum absolute atomic E-state index is 0.155. The standard InChI is InChI=1S/C14H21NO5S/c1-14(2,3)21(17,18)8-7-20-13(16)11-9-10(19-4)5-6-12(11)15/h5-6,9H,7-8,15H2,1-4H3. The maximum atomic E-state index is 11.9. The van der Waals surface area contributed by atoms with Crippen LogP contribution in [0.2, 0.25) is 0 Å². The molecule has 0 saturated heterocycles. The van der Waals surface area contributed by atoms with Gasteiger partial charge in [-0.1, -0.05) is 0 Å². The molecule has 0 heterocycles. The first kappa shape index (κ1) is 17.3. The smallest absolute Gasteiger partial charge is 0.340 e. The van der Waals surface area contributed by atoms with E-state index < -0.39 is 20.6 Å². The lowest BCUT2D eigenvalue weighted by Gasteiger charge is -2.19. The van der Waals surface area contributed by atoms with Gasteiger partial charge >= 0.3 is 5.97 Å². The number of sulfone groups is 1. The van der Waals surface area contributed by atoms with Crippen LogP contribution in [0, 0.1) is 0 Å². The van der Waals surface area contributed by atoms with Crippen LogP contribution in [0.4, 0.5) is 5.69 Å². The Bertz CT molecular complexity index is 617. The number of methoxy groups -OCH3 is 1. The number of benzene rings is 1. The van der Waals surface area contributed by atoms with Crippen LogP contribution in [-0.2, 0) is 14.6 Å². The summed E-state index contributed by atoms with van der Waals surface area (Å²) in [5.74, 6) is -0.430. The molecule has 1 aromatic carbocycles. The molecule has 0 aromatic heterocycles. The Kier molecular flexibility index (Phi) is 5.22. The summed E-state index contributed by atoms with van der Waals surface area (Å²) >= 11 is 0. The highest BCUT2D eigenvalue weighted by molar-refractivity contribution is 7.92. The SMILES string of the molecule is COc1ccc(N)c(C(=O)OCCS(=O)(=O)C(C)(C)C)c1. The highest BCUT2D eigenvalue weighted by Gasteiger charge is 2.29. The first-order chi connectivity index (χ1) is 9.58. The molecule has 2 N–H and O–H groups in total. The van der Waals surface area contributed by atoms with Crippen molar-refractivity contribution < 1.29 is 22.7 Å². The number of nitrogen functional groups attached to an aromatic ring is 1. The number of carbonyl (C=O) groups excluding carboxylic acids is 1. The van der Waals surface area contributed by atoms with Crippen LogP contribution in [0.1, 0.15) is 31.1 Å². The van der Waals surface area contributed by atoms with Crippen molar-refractivity contribution in [1.82, 2.24) is 0 Å². The van der Waals surface area contributed by atoms with Gasteiger partial charge < -0.3 is 15.2 Å². The lowest BCUT2D eigenvalue weighted by molar-refractivity contribution is 0.0529. The minimum atomic E-state index is -3.33. The Balaban J connectivity index is 2.72. The van der Waals surface area contributed by atoms with E-state index in [-0.39, 0.29) is 23.6 Å². The summed E-state index contributed by atoms with van der Waals surface area (Å²) in [5, 5.41) is 0. The molecule has 0 aliphatic rings. The van der Waals surface area contributed by atoms with Gasteiger partial charge in [-0.2, -0.15) is 0 Å². The van der Waals surface area contributed by atoms with E-state index in [2.05, 4.69) is 0 Å². The van der Waals surface area contributed by atoms with Gasteiger partial charge in [0, 0.05) is 5.69 Å². The zero-order valence-corrected chi connectivity index (χ0v) is 13.5. The van der Waals surface area contributed by atoms with E-state index in [0.717, 1.165) is 0 Å².